The topological polar surface area (TPSA) is 58.4 Å². The van der Waals surface area contributed by atoms with Crippen molar-refractivity contribution in [2.45, 2.75) is 41.5 Å². The maximum Gasteiger partial charge on any atom is 0.242 e. The van der Waals surface area contributed by atoms with Gasteiger partial charge in [0.2, 0.25) is 6.71 Å². The summed E-state index contributed by atoms with van der Waals surface area (Å²) >= 11 is 0. The molecule has 0 saturated carbocycles. The van der Waals surface area contributed by atoms with Gasteiger partial charge in [-0.25, -0.2) is 15.0 Å². The summed E-state index contributed by atoms with van der Waals surface area (Å²) in [6, 6.07) is 102. The molecule has 450 valence electrons. The Labute approximate surface area is 551 Å². The van der Waals surface area contributed by atoms with Crippen LogP contribution in [-0.4, -0.2) is 39.9 Å². The van der Waals surface area contributed by atoms with E-state index in [0.29, 0.717) is 17.5 Å². The van der Waals surface area contributed by atoms with E-state index in [0.717, 1.165) is 67.0 Å². The van der Waals surface area contributed by atoms with Gasteiger partial charge >= 0.3 is 0 Å². The molecule has 0 fully saturated rings. The maximum absolute atomic E-state index is 5.42. The standard InChI is InChI=1S/C87H64BN7/c1-53-47-55(3)82(56(4)48-53)88(83-57(5)49-54(2)50-58(83)6)62-39-33-59(34-40-62)85-89-86(60-35-41-65(42-36-60)94-75-30-18-15-27-69(75)73-51-72-68-26-14-17-29-74(68)93(79(72)52-80(73)94)64-23-11-8-12-24-64)91-87(90-85)61-37-43-66(44-38-61)95-76-31-19-13-25-67(76)70-45-46-78-81(84(70)95)71-28-16-20-32-77(71)92(78)63-21-9-7-10-22-63/h7-52H,1-6H3. The molecular weight excluding hydrogens is 1150 g/mol. The Bertz CT molecular complexity index is 6030. The molecule has 5 aromatic heterocycles. The fraction of sp³-hybridized carbons (Fsp3) is 0.0690. The molecule has 0 radical (unpaired) electrons. The Morgan fingerprint density at radius 2 is 0.600 bits per heavy atom. The largest absolute Gasteiger partial charge is 0.309 e. The second-order valence-corrected chi connectivity index (χ2v) is 25.9. The minimum Gasteiger partial charge on any atom is -0.309 e. The highest BCUT2D eigenvalue weighted by Gasteiger charge is 2.30. The number of para-hydroxylation sites is 6. The number of aryl methyl sites for hydroxylation is 6. The Kier molecular flexibility index (Phi) is 12.9. The molecule has 18 aromatic rings. The van der Waals surface area contributed by atoms with E-state index in [1.165, 1.54) is 109 Å². The minimum atomic E-state index is 0.0226. The summed E-state index contributed by atoms with van der Waals surface area (Å²) in [6.45, 7) is 13.5. The molecule has 7 nitrogen and oxygen atoms in total. The Morgan fingerprint density at radius 1 is 0.253 bits per heavy atom. The summed E-state index contributed by atoms with van der Waals surface area (Å²) < 4.78 is 9.65. The molecule has 18 rings (SSSR count). The highest BCUT2D eigenvalue weighted by atomic mass is 15.0. The first-order valence-electron chi connectivity index (χ1n) is 32.9. The van der Waals surface area contributed by atoms with E-state index in [4.69, 9.17) is 15.0 Å². The van der Waals surface area contributed by atoms with Gasteiger partial charge in [0.25, 0.3) is 0 Å². The fourth-order valence-electron chi connectivity index (χ4n) is 16.1. The van der Waals surface area contributed by atoms with Crippen molar-refractivity contribution in [3.8, 4) is 56.9 Å². The van der Waals surface area contributed by atoms with Crippen LogP contribution < -0.4 is 16.4 Å². The Hall–Kier alpha value is -11.9. The minimum absolute atomic E-state index is 0.0226. The van der Waals surface area contributed by atoms with Gasteiger partial charge in [0.1, 0.15) is 0 Å². The molecule has 95 heavy (non-hydrogen) atoms. The molecule has 0 saturated heterocycles. The van der Waals surface area contributed by atoms with Crippen LogP contribution in [-0.2, 0) is 0 Å². The lowest BCUT2D eigenvalue weighted by molar-refractivity contribution is 1.07. The molecule has 0 unspecified atom stereocenters. The number of benzene rings is 13. The second-order valence-electron chi connectivity index (χ2n) is 25.9. The predicted octanol–water partition coefficient (Wildman–Crippen LogP) is 19.6. The van der Waals surface area contributed by atoms with Gasteiger partial charge in [0.05, 0.1) is 44.1 Å². The van der Waals surface area contributed by atoms with E-state index in [2.05, 4.69) is 339 Å². The van der Waals surface area contributed by atoms with Crippen molar-refractivity contribution in [1.29, 1.82) is 0 Å². The smallest absolute Gasteiger partial charge is 0.242 e. The van der Waals surface area contributed by atoms with E-state index in [1.807, 2.05) is 0 Å². The number of aromatic nitrogens is 7. The first kappa shape index (κ1) is 55.9. The van der Waals surface area contributed by atoms with Gasteiger partial charge in [-0.3, -0.25) is 0 Å². The molecule has 0 spiro atoms. The molecular formula is C87H64BN7. The molecule has 0 aliphatic rings. The van der Waals surface area contributed by atoms with Gasteiger partial charge in [0.15, 0.2) is 17.5 Å². The van der Waals surface area contributed by atoms with Gasteiger partial charge < -0.3 is 18.3 Å². The summed E-state index contributed by atoms with van der Waals surface area (Å²) in [5, 5.41) is 9.71. The molecule has 13 aromatic carbocycles. The van der Waals surface area contributed by atoms with Gasteiger partial charge in [-0.1, -0.05) is 214 Å². The molecule has 5 heterocycles. The predicted molar refractivity (Wildman–Crippen MR) is 399 cm³/mol. The zero-order chi connectivity index (χ0) is 63.7. The van der Waals surface area contributed by atoms with Crippen LogP contribution in [0.3, 0.4) is 0 Å². The summed E-state index contributed by atoms with van der Waals surface area (Å²) in [6.07, 6.45) is 0. The summed E-state index contributed by atoms with van der Waals surface area (Å²) in [4.78, 5) is 16.3. The lowest BCUT2D eigenvalue weighted by atomic mass is 9.34. The van der Waals surface area contributed by atoms with E-state index in [-0.39, 0.29) is 6.71 Å². The molecule has 0 aliphatic carbocycles. The highest BCUT2D eigenvalue weighted by Crippen LogP contribution is 2.44. The molecule has 0 N–H and O–H groups in total. The average molecular weight is 1220 g/mol. The normalized spacial score (nSPS) is 11.9. The van der Waals surface area contributed by atoms with Crippen molar-refractivity contribution in [2.75, 3.05) is 0 Å². The summed E-state index contributed by atoms with van der Waals surface area (Å²) in [5.74, 6) is 1.79. The van der Waals surface area contributed by atoms with Gasteiger partial charge in [-0.2, -0.15) is 0 Å². The van der Waals surface area contributed by atoms with Gasteiger partial charge in [0, 0.05) is 82.5 Å². The maximum atomic E-state index is 5.42. The zero-order valence-electron chi connectivity index (χ0n) is 53.8. The van der Waals surface area contributed by atoms with Crippen LogP contribution in [0.4, 0.5) is 0 Å². The highest BCUT2D eigenvalue weighted by molar-refractivity contribution is 6.96. The number of nitrogens with zero attached hydrogens (tertiary/aromatic N) is 7. The third-order valence-corrected chi connectivity index (χ3v) is 19.9. The van der Waals surface area contributed by atoms with Gasteiger partial charge in [-0.05, 0) is 157 Å². The van der Waals surface area contributed by atoms with Crippen molar-refractivity contribution < 1.29 is 0 Å². The van der Waals surface area contributed by atoms with Crippen LogP contribution in [0.15, 0.2) is 279 Å². The lowest BCUT2D eigenvalue weighted by Gasteiger charge is -2.24. The third-order valence-electron chi connectivity index (χ3n) is 19.9. The molecule has 8 heteroatoms. The van der Waals surface area contributed by atoms with E-state index < -0.39 is 0 Å². The van der Waals surface area contributed by atoms with Crippen molar-refractivity contribution in [3.63, 3.8) is 0 Å². The second kappa shape index (κ2) is 21.9. The average Bonchev–Trinajstić information content (AvgIpc) is 1.56. The van der Waals surface area contributed by atoms with Crippen LogP contribution in [0.1, 0.15) is 33.4 Å². The molecule has 0 amide bonds. The quantitative estimate of drug-likeness (QED) is 0.128. The Balaban J connectivity index is 0.795. The molecule has 0 aliphatic heterocycles. The van der Waals surface area contributed by atoms with Crippen LogP contribution >= 0.6 is 0 Å². The number of hydrogen-bond acceptors (Lipinski definition) is 3. The summed E-state index contributed by atoms with van der Waals surface area (Å²) in [5.41, 5.74) is 27.9. The van der Waals surface area contributed by atoms with Crippen LogP contribution in [0.5, 0.6) is 0 Å². The van der Waals surface area contributed by atoms with E-state index in [9.17, 15) is 0 Å². The number of fused-ring (bicyclic) bond motifs is 13. The zero-order valence-corrected chi connectivity index (χ0v) is 53.8. The van der Waals surface area contributed by atoms with Crippen molar-refractivity contribution in [2.24, 2.45) is 0 Å². The number of rotatable bonds is 10. The van der Waals surface area contributed by atoms with Crippen molar-refractivity contribution >= 4 is 110 Å². The van der Waals surface area contributed by atoms with Gasteiger partial charge in [-0.15, -0.1) is 0 Å². The number of hydrogen-bond donors (Lipinski definition) is 0. The van der Waals surface area contributed by atoms with Crippen LogP contribution in [0, 0.1) is 41.5 Å². The van der Waals surface area contributed by atoms with Crippen LogP contribution in [0.25, 0.3) is 144 Å². The molecule has 0 bridgehead atoms. The molecule has 0 atom stereocenters. The Morgan fingerprint density at radius 3 is 1.05 bits per heavy atom. The SMILES string of the molecule is Cc1cc(C)c(B(c2ccc(-c3nc(-c4ccc(-n5c6ccccc6c6cc7c8ccccc8n(-c8ccccc8)c7cc65)cc4)nc(-c4ccc(-n5c6ccccc6c6ccc7c(c8ccccc8n7-c7ccccc7)c65)cc4)n3)cc2)c2c(C)cc(C)cc2C)c(C)c1. The fourth-order valence-corrected chi connectivity index (χ4v) is 16.1. The lowest BCUT2D eigenvalue weighted by Crippen LogP contribution is -2.55. The van der Waals surface area contributed by atoms with Crippen molar-refractivity contribution in [1.82, 2.24) is 33.2 Å². The first-order chi connectivity index (χ1) is 46.6. The van der Waals surface area contributed by atoms with Crippen molar-refractivity contribution in [3.05, 3.63) is 312 Å². The van der Waals surface area contributed by atoms with Crippen LogP contribution in [0.2, 0.25) is 0 Å². The monoisotopic (exact) mass is 1220 g/mol. The first-order valence-corrected chi connectivity index (χ1v) is 32.9. The summed E-state index contributed by atoms with van der Waals surface area (Å²) in [7, 11) is 0. The van der Waals surface area contributed by atoms with E-state index in [1.54, 1.807) is 0 Å². The third kappa shape index (κ3) is 8.92. The van der Waals surface area contributed by atoms with E-state index >= 15 is 0 Å².